The van der Waals surface area contributed by atoms with Crippen molar-refractivity contribution in [2.75, 3.05) is 12.3 Å². The van der Waals surface area contributed by atoms with Crippen LogP contribution in [0.1, 0.15) is 60.3 Å². The Morgan fingerprint density at radius 2 is 1.40 bits per heavy atom. The molecular weight excluding hydrogens is 768 g/mol. The highest BCUT2D eigenvalue weighted by molar-refractivity contribution is 8.00. The number of benzene rings is 4. The van der Waals surface area contributed by atoms with Crippen molar-refractivity contribution < 1.29 is 24.2 Å². The topological polar surface area (TPSA) is 135 Å². The first-order chi connectivity index (χ1) is 28.0. The molecule has 2 atom stereocenters. The second kappa shape index (κ2) is 22.0. The highest BCUT2D eigenvalue weighted by Crippen LogP contribution is 2.48. The largest absolute Gasteiger partial charge is 0.480 e. The van der Waals surface area contributed by atoms with E-state index in [2.05, 4.69) is 83.1 Å². The number of nitrogens with one attached hydrogen (secondary N) is 1. The normalized spacial score (nSPS) is 12.7. The van der Waals surface area contributed by atoms with Crippen LogP contribution in [0.5, 0.6) is 0 Å². The number of thioether (sulfide) groups is 1. The lowest BCUT2D eigenvalue weighted by Crippen LogP contribution is -2.39. The summed E-state index contributed by atoms with van der Waals surface area (Å²) in [5.74, 6) is -1.25. The standard InChI is InChI=1S/C47H51ClN4O5S/c1-34(2)45(49)46(56)57-42(23-12-13-28-58-47(36-15-6-3-7-16-36,37-17-8-4-9-18-37)38-19-10-5-11-20-38)29-43(53)50-30-40-21-14-22-41(51-40)32-52(33-44(54)55)31-35-24-26-39(48)27-25-35/h3-12,14-27,34,42,45H,13,28-33,49H2,1-2H3,(H,50,53)(H,54,55)/t42-,45+/m1/s1. The molecule has 0 spiro atoms. The van der Waals surface area contributed by atoms with Gasteiger partial charge >= 0.3 is 11.9 Å². The first-order valence-electron chi connectivity index (χ1n) is 19.4. The number of hydrogen-bond donors (Lipinski definition) is 3. The molecule has 1 amide bonds. The number of pyridine rings is 1. The molecule has 4 aromatic carbocycles. The lowest BCUT2D eigenvalue weighted by Gasteiger charge is -2.35. The number of nitrogens with two attached hydrogens (primary N) is 1. The molecule has 0 aliphatic carbocycles. The van der Waals surface area contributed by atoms with Crippen LogP contribution in [0.4, 0.5) is 0 Å². The van der Waals surface area contributed by atoms with E-state index in [0.29, 0.717) is 29.4 Å². The molecule has 4 N–H and O–H groups in total. The monoisotopic (exact) mass is 818 g/mol. The minimum absolute atomic E-state index is 0.102. The Labute approximate surface area is 350 Å². The Morgan fingerprint density at radius 1 is 0.828 bits per heavy atom. The third kappa shape index (κ3) is 12.9. The number of carbonyl (C=O) groups is 3. The van der Waals surface area contributed by atoms with Gasteiger partial charge in [-0.2, -0.15) is 0 Å². The molecule has 0 aliphatic rings. The maximum Gasteiger partial charge on any atom is 0.323 e. The summed E-state index contributed by atoms with van der Waals surface area (Å²) >= 11 is 7.86. The Balaban J connectivity index is 1.25. The quantitative estimate of drug-likeness (QED) is 0.0289. The summed E-state index contributed by atoms with van der Waals surface area (Å²) in [5.41, 5.74) is 11.8. The Hall–Kier alpha value is -5.26. The van der Waals surface area contributed by atoms with E-state index >= 15 is 0 Å². The summed E-state index contributed by atoms with van der Waals surface area (Å²) < 4.78 is 5.34. The fourth-order valence-corrected chi connectivity index (χ4v) is 8.14. The zero-order chi connectivity index (χ0) is 41.3. The van der Waals surface area contributed by atoms with Gasteiger partial charge in [0.15, 0.2) is 0 Å². The van der Waals surface area contributed by atoms with Gasteiger partial charge < -0.3 is 20.9 Å². The SMILES string of the molecule is CC(C)[C@H](N)C(=O)O[C@H](C=CCCSC(c1ccccc1)(c1ccccc1)c1ccccc1)CC(=O)NCc1cccc(CN(CC(=O)O)Cc2ccc(Cl)cc2)n1. The predicted molar refractivity (Wildman–Crippen MR) is 232 cm³/mol. The van der Waals surface area contributed by atoms with Gasteiger partial charge in [0.05, 0.1) is 35.6 Å². The van der Waals surface area contributed by atoms with Gasteiger partial charge in [0.25, 0.3) is 0 Å². The second-order valence-electron chi connectivity index (χ2n) is 14.4. The van der Waals surface area contributed by atoms with Crippen molar-refractivity contribution >= 4 is 41.2 Å². The molecular formula is C47H51ClN4O5S. The van der Waals surface area contributed by atoms with Gasteiger partial charge in [-0.05, 0) is 70.7 Å². The number of aromatic nitrogens is 1. The molecule has 0 saturated carbocycles. The van der Waals surface area contributed by atoms with E-state index in [1.807, 2.05) is 74.1 Å². The number of carboxylic acids is 1. The molecule has 11 heteroatoms. The maximum absolute atomic E-state index is 13.3. The zero-order valence-electron chi connectivity index (χ0n) is 32.9. The van der Waals surface area contributed by atoms with Crippen molar-refractivity contribution in [3.8, 4) is 0 Å². The van der Waals surface area contributed by atoms with Crippen molar-refractivity contribution in [2.24, 2.45) is 11.7 Å². The second-order valence-corrected chi connectivity index (χ2v) is 16.1. The number of carbonyl (C=O) groups excluding carboxylic acids is 2. The summed E-state index contributed by atoms with van der Waals surface area (Å²) in [4.78, 5) is 44.4. The summed E-state index contributed by atoms with van der Waals surface area (Å²) in [5, 5.41) is 13.0. The number of allylic oxidation sites excluding steroid dienone is 1. The number of carboxylic acid groups (broad SMARTS) is 1. The van der Waals surface area contributed by atoms with Crippen LogP contribution in [-0.4, -0.2) is 57.3 Å². The molecule has 0 unspecified atom stereocenters. The van der Waals surface area contributed by atoms with Gasteiger partial charge in [-0.25, -0.2) is 0 Å². The van der Waals surface area contributed by atoms with Crippen LogP contribution in [0.3, 0.4) is 0 Å². The van der Waals surface area contributed by atoms with Gasteiger partial charge in [0.2, 0.25) is 5.91 Å². The van der Waals surface area contributed by atoms with Crippen molar-refractivity contribution in [3.63, 3.8) is 0 Å². The maximum atomic E-state index is 13.3. The first kappa shape index (κ1) is 43.9. The highest BCUT2D eigenvalue weighted by atomic mass is 35.5. The molecule has 58 heavy (non-hydrogen) atoms. The number of nitrogens with zero attached hydrogens (tertiary/aromatic N) is 2. The van der Waals surface area contributed by atoms with Gasteiger partial charge in [0, 0.05) is 18.1 Å². The number of hydrogen-bond acceptors (Lipinski definition) is 8. The third-order valence-electron chi connectivity index (χ3n) is 9.53. The van der Waals surface area contributed by atoms with Crippen LogP contribution in [-0.2, 0) is 43.5 Å². The Bertz CT molecular complexity index is 1990. The van der Waals surface area contributed by atoms with Crippen molar-refractivity contribution in [1.82, 2.24) is 15.2 Å². The van der Waals surface area contributed by atoms with Crippen molar-refractivity contribution in [1.29, 1.82) is 0 Å². The first-order valence-corrected chi connectivity index (χ1v) is 20.7. The van der Waals surface area contributed by atoms with E-state index < -0.39 is 28.8 Å². The van der Waals surface area contributed by atoms with Crippen molar-refractivity contribution in [2.45, 2.75) is 63.2 Å². The summed E-state index contributed by atoms with van der Waals surface area (Å²) in [6.45, 7) is 4.34. The van der Waals surface area contributed by atoms with Gasteiger partial charge in [-0.3, -0.25) is 24.3 Å². The van der Waals surface area contributed by atoms with E-state index in [0.717, 1.165) is 11.3 Å². The molecule has 5 aromatic rings. The van der Waals surface area contributed by atoms with Crippen LogP contribution in [0.25, 0.3) is 0 Å². The molecule has 0 bridgehead atoms. The number of esters is 1. The Kier molecular flexibility index (Phi) is 16.7. The number of halogens is 1. The zero-order valence-corrected chi connectivity index (χ0v) is 34.4. The molecule has 1 heterocycles. The molecule has 0 aliphatic heterocycles. The molecule has 0 saturated heterocycles. The summed E-state index contributed by atoms with van der Waals surface area (Å²) in [6.07, 6.45) is 3.45. The highest BCUT2D eigenvalue weighted by Gasteiger charge is 2.36. The minimum atomic E-state index is -0.950. The predicted octanol–water partition coefficient (Wildman–Crippen LogP) is 8.39. The van der Waals surface area contributed by atoms with Crippen LogP contribution in [0.15, 0.2) is 146 Å². The van der Waals surface area contributed by atoms with E-state index in [-0.39, 0.29) is 37.9 Å². The van der Waals surface area contributed by atoms with Crippen LogP contribution in [0, 0.1) is 5.92 Å². The summed E-state index contributed by atoms with van der Waals surface area (Å²) in [6, 6.07) is 43.3. The van der Waals surface area contributed by atoms with Crippen LogP contribution < -0.4 is 11.1 Å². The summed E-state index contributed by atoms with van der Waals surface area (Å²) in [7, 11) is 0. The van der Waals surface area contributed by atoms with Crippen LogP contribution >= 0.6 is 23.4 Å². The fraction of sp³-hybridized carbons (Fsp3) is 0.277. The van der Waals surface area contributed by atoms with Crippen LogP contribution in [0.2, 0.25) is 5.02 Å². The third-order valence-corrected chi connectivity index (χ3v) is 11.4. The van der Waals surface area contributed by atoms with E-state index in [9.17, 15) is 19.5 Å². The fourth-order valence-electron chi connectivity index (χ4n) is 6.54. The van der Waals surface area contributed by atoms with Crippen molar-refractivity contribution in [3.05, 3.63) is 184 Å². The number of rotatable bonds is 21. The van der Waals surface area contributed by atoms with Gasteiger partial charge in [-0.15, -0.1) is 11.8 Å². The smallest absolute Gasteiger partial charge is 0.323 e. The van der Waals surface area contributed by atoms with E-state index in [1.165, 1.54) is 16.7 Å². The lowest BCUT2D eigenvalue weighted by atomic mass is 9.84. The lowest BCUT2D eigenvalue weighted by molar-refractivity contribution is -0.150. The van der Waals surface area contributed by atoms with Gasteiger partial charge in [-0.1, -0.05) is 141 Å². The minimum Gasteiger partial charge on any atom is -0.480 e. The molecule has 5 rings (SSSR count). The van der Waals surface area contributed by atoms with E-state index in [4.69, 9.17) is 22.1 Å². The van der Waals surface area contributed by atoms with E-state index in [1.54, 1.807) is 29.2 Å². The molecule has 9 nitrogen and oxygen atoms in total. The molecule has 1 aromatic heterocycles. The number of ether oxygens (including phenoxy) is 1. The molecule has 302 valence electrons. The number of aliphatic carboxylic acids is 1. The number of amides is 1. The van der Waals surface area contributed by atoms with Gasteiger partial charge in [0.1, 0.15) is 12.1 Å². The molecule has 0 radical (unpaired) electrons. The molecule has 0 fully saturated rings. The Morgan fingerprint density at radius 3 is 1.95 bits per heavy atom. The average Bonchev–Trinajstić information content (AvgIpc) is 3.22. The average molecular weight is 819 g/mol.